The number of quaternary nitrogens is 1. The quantitative estimate of drug-likeness (QED) is 0.400. The van der Waals surface area contributed by atoms with Gasteiger partial charge in [-0.2, -0.15) is 0 Å². The molecular weight excluding hydrogens is 402 g/mol. The molecule has 0 aromatic rings. The Bertz CT molecular complexity index is 592. The molecule has 4 fully saturated rings. The summed E-state index contributed by atoms with van der Waals surface area (Å²) in [7, 11) is 0. The van der Waals surface area contributed by atoms with E-state index in [9.17, 15) is 0 Å². The Morgan fingerprint density at radius 2 is 1.52 bits per heavy atom. The molecule has 5 atom stereocenters. The third kappa shape index (κ3) is 5.61. The van der Waals surface area contributed by atoms with E-state index in [4.69, 9.17) is 33.2 Å². The van der Waals surface area contributed by atoms with Crippen LogP contribution in [0.15, 0.2) is 0 Å². The van der Waals surface area contributed by atoms with Gasteiger partial charge in [0, 0.05) is 0 Å². The van der Waals surface area contributed by atoms with E-state index in [-0.39, 0.29) is 24.4 Å². The van der Waals surface area contributed by atoms with Crippen molar-refractivity contribution < 1.29 is 37.6 Å². The Labute approximate surface area is 187 Å². The summed E-state index contributed by atoms with van der Waals surface area (Å²) in [5, 5.41) is 0. The van der Waals surface area contributed by atoms with Crippen LogP contribution in [0.25, 0.3) is 0 Å². The van der Waals surface area contributed by atoms with E-state index in [2.05, 4.69) is 6.92 Å². The Morgan fingerprint density at radius 3 is 2.26 bits per heavy atom. The first-order valence-corrected chi connectivity index (χ1v) is 12.1. The zero-order valence-electron chi connectivity index (χ0n) is 20.0. The van der Waals surface area contributed by atoms with Crippen LogP contribution in [0.5, 0.6) is 0 Å². The number of rotatable bonds is 9. The summed E-state index contributed by atoms with van der Waals surface area (Å²) in [6.07, 6.45) is 2.34. The van der Waals surface area contributed by atoms with Crippen LogP contribution in [0, 0.1) is 0 Å². The minimum absolute atomic E-state index is 0.226. The smallest absolute Gasteiger partial charge is 0.190 e. The molecule has 0 spiro atoms. The average Bonchev–Trinajstić information content (AvgIpc) is 3.20. The van der Waals surface area contributed by atoms with Gasteiger partial charge in [-0.15, -0.1) is 0 Å². The number of hydrogen-bond donors (Lipinski definition) is 0. The van der Waals surface area contributed by atoms with Gasteiger partial charge in [0.1, 0.15) is 44.1 Å². The third-order valence-electron chi connectivity index (χ3n) is 6.90. The van der Waals surface area contributed by atoms with Crippen molar-refractivity contribution in [3.63, 3.8) is 0 Å². The highest BCUT2D eigenvalue weighted by Gasteiger charge is 2.60. The molecule has 4 rings (SSSR count). The van der Waals surface area contributed by atoms with Crippen LogP contribution in [-0.4, -0.2) is 99.4 Å². The fraction of sp³-hybridized carbons (Fsp3) is 1.00. The second-order valence-electron chi connectivity index (χ2n) is 10.3. The van der Waals surface area contributed by atoms with Crippen LogP contribution < -0.4 is 0 Å². The lowest BCUT2D eigenvalue weighted by Crippen LogP contribution is -2.58. The first kappa shape index (κ1) is 23.8. The summed E-state index contributed by atoms with van der Waals surface area (Å²) in [6.45, 7) is 17.1. The molecule has 0 aromatic carbocycles. The number of fused-ring (bicyclic) bond motifs is 3. The molecule has 4 aliphatic heterocycles. The van der Waals surface area contributed by atoms with Gasteiger partial charge in [0.05, 0.1) is 33.0 Å². The van der Waals surface area contributed by atoms with Gasteiger partial charge in [-0.1, -0.05) is 13.3 Å². The van der Waals surface area contributed by atoms with E-state index in [0.717, 1.165) is 37.3 Å². The fourth-order valence-electron chi connectivity index (χ4n) is 5.27. The second-order valence-corrected chi connectivity index (χ2v) is 10.3. The van der Waals surface area contributed by atoms with E-state index in [1.807, 2.05) is 27.7 Å². The number of morpholine rings is 1. The van der Waals surface area contributed by atoms with Crippen molar-refractivity contribution in [1.82, 2.24) is 0 Å². The molecule has 0 amide bonds. The topological polar surface area (TPSA) is 64.6 Å². The van der Waals surface area contributed by atoms with Crippen molar-refractivity contribution in [2.75, 3.05) is 52.6 Å². The molecule has 0 aromatic heterocycles. The molecule has 4 saturated heterocycles. The molecular formula is C23H42NO7+. The average molecular weight is 445 g/mol. The Hall–Kier alpha value is -0.320. The van der Waals surface area contributed by atoms with Gasteiger partial charge in [-0.05, 0) is 40.5 Å². The van der Waals surface area contributed by atoms with Crippen LogP contribution in [0.1, 0.15) is 53.9 Å². The molecule has 0 bridgehead atoms. The Morgan fingerprint density at radius 1 is 0.839 bits per heavy atom. The zero-order chi connectivity index (χ0) is 22.1. The lowest BCUT2D eigenvalue weighted by atomic mass is 9.99. The van der Waals surface area contributed by atoms with Crippen LogP contribution >= 0.6 is 0 Å². The summed E-state index contributed by atoms with van der Waals surface area (Å²) in [4.78, 5) is 0. The van der Waals surface area contributed by atoms with E-state index >= 15 is 0 Å². The maximum atomic E-state index is 6.25. The summed E-state index contributed by atoms with van der Waals surface area (Å²) >= 11 is 0. The minimum atomic E-state index is -0.697. The number of ether oxygens (including phenoxy) is 7. The molecule has 8 nitrogen and oxygen atoms in total. The Kier molecular flexibility index (Phi) is 7.31. The molecule has 4 heterocycles. The maximum absolute atomic E-state index is 6.25. The van der Waals surface area contributed by atoms with Crippen molar-refractivity contribution in [3.05, 3.63) is 0 Å². The van der Waals surface area contributed by atoms with Gasteiger partial charge < -0.3 is 37.6 Å². The van der Waals surface area contributed by atoms with E-state index in [0.29, 0.717) is 13.2 Å². The van der Waals surface area contributed by atoms with Gasteiger partial charge in [0.2, 0.25) is 0 Å². The van der Waals surface area contributed by atoms with Crippen molar-refractivity contribution in [3.8, 4) is 0 Å². The molecule has 31 heavy (non-hydrogen) atoms. The van der Waals surface area contributed by atoms with Crippen LogP contribution in [0.4, 0.5) is 0 Å². The van der Waals surface area contributed by atoms with E-state index in [1.165, 1.54) is 25.8 Å². The molecule has 180 valence electrons. The lowest BCUT2D eigenvalue weighted by Gasteiger charge is -2.41. The van der Waals surface area contributed by atoms with E-state index < -0.39 is 17.9 Å². The van der Waals surface area contributed by atoms with Gasteiger partial charge in [0.25, 0.3) is 0 Å². The third-order valence-corrected chi connectivity index (χ3v) is 6.90. The largest absolute Gasteiger partial charge is 0.373 e. The monoisotopic (exact) mass is 444 g/mol. The summed E-state index contributed by atoms with van der Waals surface area (Å²) in [6, 6.07) is 0. The lowest BCUT2D eigenvalue weighted by molar-refractivity contribution is -0.935. The molecule has 8 heteroatoms. The van der Waals surface area contributed by atoms with Gasteiger partial charge in [-0.3, -0.25) is 0 Å². The molecule has 4 aliphatic rings. The highest BCUT2D eigenvalue weighted by molar-refractivity contribution is 5.00. The van der Waals surface area contributed by atoms with Crippen molar-refractivity contribution in [2.24, 2.45) is 0 Å². The summed E-state index contributed by atoms with van der Waals surface area (Å²) in [5.74, 6) is -1.37. The molecule has 0 aliphatic carbocycles. The summed E-state index contributed by atoms with van der Waals surface area (Å²) in [5.41, 5.74) is 0. The van der Waals surface area contributed by atoms with Crippen molar-refractivity contribution >= 4 is 0 Å². The molecule has 0 radical (unpaired) electrons. The molecule has 0 unspecified atom stereocenters. The first-order valence-electron chi connectivity index (χ1n) is 12.1. The Balaban J connectivity index is 1.32. The molecule has 0 saturated carbocycles. The summed E-state index contributed by atoms with van der Waals surface area (Å²) < 4.78 is 43.6. The SMILES string of the molecule is CCCCC[N+]1(CCOC[C@H]2O[C@@H]3OC(C)(C)O[C@@H]3[C@H]3OC(C)(C)O[C@H]32)CCOCC1. The predicted molar refractivity (Wildman–Crippen MR) is 113 cm³/mol. The standard InChI is InChI=1S/C23H42NO7/c1-6-7-8-9-24(10-13-25-14-11-24)12-15-26-16-17-18-19(29-22(2,3)28-18)20-21(27-17)31-23(4,5)30-20/h17-21H,6-16H2,1-5H3/q+1/t17-,18+,19+,20-,21-/m1/s1. The van der Waals surface area contributed by atoms with Gasteiger partial charge >= 0.3 is 0 Å². The number of hydrogen-bond acceptors (Lipinski definition) is 7. The van der Waals surface area contributed by atoms with Gasteiger partial charge in [-0.25, -0.2) is 0 Å². The van der Waals surface area contributed by atoms with Crippen LogP contribution in [0.2, 0.25) is 0 Å². The molecule has 0 N–H and O–H groups in total. The minimum Gasteiger partial charge on any atom is -0.373 e. The normalized spacial score (nSPS) is 38.0. The van der Waals surface area contributed by atoms with Crippen LogP contribution in [0.3, 0.4) is 0 Å². The zero-order valence-corrected chi connectivity index (χ0v) is 20.0. The van der Waals surface area contributed by atoms with Crippen molar-refractivity contribution in [2.45, 2.75) is 96.2 Å². The highest BCUT2D eigenvalue weighted by Crippen LogP contribution is 2.44. The number of nitrogens with zero attached hydrogens (tertiary/aromatic N) is 1. The number of unbranched alkanes of at least 4 members (excludes halogenated alkanes) is 2. The highest BCUT2D eigenvalue weighted by atomic mass is 16.9. The predicted octanol–water partition coefficient (Wildman–Crippen LogP) is 2.44. The second kappa shape index (κ2) is 9.50. The van der Waals surface area contributed by atoms with Crippen LogP contribution in [-0.2, 0) is 33.2 Å². The fourth-order valence-corrected chi connectivity index (χ4v) is 5.27. The van der Waals surface area contributed by atoms with Gasteiger partial charge in [0.15, 0.2) is 17.9 Å². The van der Waals surface area contributed by atoms with E-state index in [1.54, 1.807) is 0 Å². The maximum Gasteiger partial charge on any atom is 0.190 e. The van der Waals surface area contributed by atoms with Crippen molar-refractivity contribution in [1.29, 1.82) is 0 Å². The first-order chi connectivity index (χ1) is 14.7.